The van der Waals surface area contributed by atoms with E-state index in [0.29, 0.717) is 11.0 Å². The van der Waals surface area contributed by atoms with E-state index in [9.17, 15) is 14.7 Å². The van der Waals surface area contributed by atoms with Gasteiger partial charge in [-0.15, -0.1) is 0 Å². The molecule has 0 saturated heterocycles. The lowest BCUT2D eigenvalue weighted by Gasteiger charge is -2.12. The van der Waals surface area contributed by atoms with Crippen molar-refractivity contribution in [3.63, 3.8) is 0 Å². The van der Waals surface area contributed by atoms with E-state index in [-0.39, 0.29) is 40.4 Å². The standard InChI is InChI=1S/C24H21NO5/c1-13-6-4-7-14(2)22(13)25-20(27)12-29-16-10-18(26)21-19(11-16)30-24-15(3)8-5-9-17(24)23(21)28/h4-11,26H,12H2,1-3H3,(H,25,27). The SMILES string of the molecule is Cc1cccc(C)c1NC(=O)COc1cc(O)c2c(=O)c3cccc(C)c3oc2c1. The Morgan fingerprint density at radius 2 is 1.70 bits per heavy atom. The van der Waals surface area contributed by atoms with E-state index in [4.69, 9.17) is 9.15 Å². The fourth-order valence-electron chi connectivity index (χ4n) is 3.52. The number of para-hydroxylation sites is 2. The van der Waals surface area contributed by atoms with Crippen molar-refractivity contribution < 1.29 is 19.1 Å². The molecule has 4 rings (SSSR count). The molecule has 0 unspecified atom stereocenters. The van der Waals surface area contributed by atoms with Crippen LogP contribution in [0.5, 0.6) is 11.5 Å². The molecule has 152 valence electrons. The average molecular weight is 403 g/mol. The van der Waals surface area contributed by atoms with E-state index in [1.807, 2.05) is 45.0 Å². The summed E-state index contributed by atoms with van der Waals surface area (Å²) in [5.74, 6) is -0.356. The number of anilines is 1. The van der Waals surface area contributed by atoms with E-state index in [2.05, 4.69) is 5.32 Å². The van der Waals surface area contributed by atoms with Gasteiger partial charge >= 0.3 is 0 Å². The summed E-state index contributed by atoms with van der Waals surface area (Å²) in [6, 6.07) is 13.8. The number of nitrogens with one attached hydrogen (secondary N) is 1. The van der Waals surface area contributed by atoms with E-state index in [0.717, 1.165) is 22.4 Å². The lowest BCUT2D eigenvalue weighted by Crippen LogP contribution is -2.21. The number of hydrogen-bond acceptors (Lipinski definition) is 5. The molecule has 1 amide bonds. The summed E-state index contributed by atoms with van der Waals surface area (Å²) in [5, 5.41) is 13.7. The second-order valence-corrected chi connectivity index (χ2v) is 7.30. The number of fused-ring (bicyclic) bond motifs is 2. The molecule has 0 bridgehead atoms. The number of ether oxygens (including phenoxy) is 1. The molecule has 6 heteroatoms. The van der Waals surface area contributed by atoms with Crippen molar-refractivity contribution in [1.82, 2.24) is 0 Å². The second kappa shape index (κ2) is 7.55. The van der Waals surface area contributed by atoms with Gasteiger partial charge in [-0.25, -0.2) is 0 Å². The van der Waals surface area contributed by atoms with E-state index in [1.165, 1.54) is 12.1 Å². The summed E-state index contributed by atoms with van der Waals surface area (Å²) in [6.45, 7) is 5.42. The van der Waals surface area contributed by atoms with Crippen LogP contribution in [0, 0.1) is 20.8 Å². The maximum absolute atomic E-state index is 12.8. The van der Waals surface area contributed by atoms with Crippen LogP contribution in [0.2, 0.25) is 0 Å². The van der Waals surface area contributed by atoms with Gasteiger partial charge in [0, 0.05) is 17.8 Å². The Kier molecular flexibility index (Phi) is 4.91. The Balaban J connectivity index is 1.62. The molecule has 0 aliphatic heterocycles. The first-order valence-corrected chi connectivity index (χ1v) is 9.53. The highest BCUT2D eigenvalue weighted by molar-refractivity contribution is 5.95. The van der Waals surface area contributed by atoms with Gasteiger partial charge in [0.2, 0.25) is 5.43 Å². The number of amides is 1. The van der Waals surface area contributed by atoms with Gasteiger partial charge in [0.1, 0.15) is 28.1 Å². The quantitative estimate of drug-likeness (QED) is 0.487. The van der Waals surface area contributed by atoms with Gasteiger partial charge in [-0.2, -0.15) is 0 Å². The number of aryl methyl sites for hydroxylation is 3. The van der Waals surface area contributed by atoms with Gasteiger partial charge in [0.05, 0.1) is 5.39 Å². The summed E-state index contributed by atoms with van der Waals surface area (Å²) in [7, 11) is 0. The minimum Gasteiger partial charge on any atom is -0.507 e. The second-order valence-electron chi connectivity index (χ2n) is 7.30. The number of rotatable bonds is 4. The van der Waals surface area contributed by atoms with E-state index >= 15 is 0 Å². The van der Waals surface area contributed by atoms with Crippen molar-refractivity contribution in [3.8, 4) is 11.5 Å². The highest BCUT2D eigenvalue weighted by Crippen LogP contribution is 2.31. The average Bonchev–Trinajstić information content (AvgIpc) is 2.70. The molecule has 4 aromatic rings. The highest BCUT2D eigenvalue weighted by Gasteiger charge is 2.15. The Morgan fingerprint density at radius 3 is 2.43 bits per heavy atom. The number of carbonyl (C=O) groups excluding carboxylic acids is 1. The number of carbonyl (C=O) groups is 1. The van der Waals surface area contributed by atoms with Crippen LogP contribution >= 0.6 is 0 Å². The molecule has 1 aromatic heterocycles. The van der Waals surface area contributed by atoms with Crippen molar-refractivity contribution in [1.29, 1.82) is 0 Å². The van der Waals surface area contributed by atoms with Crippen molar-refractivity contribution in [2.75, 3.05) is 11.9 Å². The van der Waals surface area contributed by atoms with Gasteiger partial charge in [-0.1, -0.05) is 30.3 Å². The van der Waals surface area contributed by atoms with Gasteiger partial charge < -0.3 is 19.6 Å². The third-order valence-corrected chi connectivity index (χ3v) is 5.07. The molecule has 30 heavy (non-hydrogen) atoms. The smallest absolute Gasteiger partial charge is 0.262 e. The molecule has 0 atom stereocenters. The first-order valence-electron chi connectivity index (χ1n) is 9.53. The largest absolute Gasteiger partial charge is 0.507 e. The third kappa shape index (κ3) is 3.48. The van der Waals surface area contributed by atoms with E-state index in [1.54, 1.807) is 12.1 Å². The summed E-state index contributed by atoms with van der Waals surface area (Å²) in [4.78, 5) is 25.1. The predicted molar refractivity (Wildman–Crippen MR) is 116 cm³/mol. The fraction of sp³-hybridized carbons (Fsp3) is 0.167. The molecule has 0 spiro atoms. The first-order chi connectivity index (χ1) is 14.3. The third-order valence-electron chi connectivity index (χ3n) is 5.07. The predicted octanol–water partition coefficient (Wildman–Crippen LogP) is 4.59. The maximum Gasteiger partial charge on any atom is 0.262 e. The Labute approximate surface area is 172 Å². The van der Waals surface area contributed by atoms with Crippen molar-refractivity contribution in [3.05, 3.63) is 75.4 Å². The molecule has 0 saturated carbocycles. The minimum absolute atomic E-state index is 0.0837. The number of hydrogen-bond donors (Lipinski definition) is 2. The maximum atomic E-state index is 12.8. The molecular weight excluding hydrogens is 382 g/mol. The lowest BCUT2D eigenvalue weighted by atomic mass is 10.1. The van der Waals surface area contributed by atoms with E-state index < -0.39 is 0 Å². The number of phenols is 1. The van der Waals surface area contributed by atoms with Gasteiger partial charge in [-0.05, 0) is 43.5 Å². The van der Waals surface area contributed by atoms with Crippen molar-refractivity contribution in [2.45, 2.75) is 20.8 Å². The van der Waals surface area contributed by atoms with Crippen LogP contribution in [0.3, 0.4) is 0 Å². The molecular formula is C24H21NO5. The lowest BCUT2D eigenvalue weighted by molar-refractivity contribution is -0.118. The van der Waals surface area contributed by atoms with Gasteiger partial charge in [0.15, 0.2) is 6.61 Å². The molecule has 2 N–H and O–H groups in total. The van der Waals surface area contributed by atoms with Crippen LogP contribution in [0.25, 0.3) is 21.9 Å². The Bertz CT molecular complexity index is 1330. The van der Waals surface area contributed by atoms with Crippen LogP contribution in [0.1, 0.15) is 16.7 Å². The zero-order valence-corrected chi connectivity index (χ0v) is 16.9. The molecule has 0 aliphatic carbocycles. The highest BCUT2D eigenvalue weighted by atomic mass is 16.5. The number of aromatic hydroxyl groups is 1. The minimum atomic E-state index is -0.331. The summed E-state index contributed by atoms with van der Waals surface area (Å²) in [5.41, 5.74) is 3.81. The van der Waals surface area contributed by atoms with Gasteiger partial charge in [0.25, 0.3) is 5.91 Å². The number of benzene rings is 3. The molecule has 0 radical (unpaired) electrons. The summed E-state index contributed by atoms with van der Waals surface area (Å²) >= 11 is 0. The topological polar surface area (TPSA) is 88.8 Å². The van der Waals surface area contributed by atoms with Crippen LogP contribution in [0.15, 0.2) is 57.7 Å². The van der Waals surface area contributed by atoms with Crippen LogP contribution < -0.4 is 15.5 Å². The van der Waals surface area contributed by atoms with Crippen molar-refractivity contribution in [2.24, 2.45) is 0 Å². The normalized spacial score (nSPS) is 11.0. The molecule has 6 nitrogen and oxygen atoms in total. The van der Waals surface area contributed by atoms with Crippen LogP contribution in [-0.2, 0) is 4.79 Å². The fourth-order valence-corrected chi connectivity index (χ4v) is 3.52. The Hall–Kier alpha value is -3.80. The van der Waals surface area contributed by atoms with Gasteiger partial charge in [-0.3, -0.25) is 9.59 Å². The number of phenolic OH excluding ortho intramolecular Hbond substituents is 1. The summed E-state index contributed by atoms with van der Waals surface area (Å²) < 4.78 is 11.4. The van der Waals surface area contributed by atoms with Crippen LogP contribution in [-0.4, -0.2) is 17.6 Å². The first kappa shape index (κ1) is 19.5. The summed E-state index contributed by atoms with van der Waals surface area (Å²) in [6.07, 6.45) is 0. The van der Waals surface area contributed by atoms with Crippen molar-refractivity contribution >= 4 is 33.5 Å². The molecule has 0 fully saturated rings. The molecule has 1 heterocycles. The zero-order chi connectivity index (χ0) is 21.4. The zero-order valence-electron chi connectivity index (χ0n) is 16.9. The van der Waals surface area contributed by atoms with Crippen LogP contribution in [0.4, 0.5) is 5.69 Å². The molecule has 3 aromatic carbocycles. The Morgan fingerprint density at radius 1 is 1.03 bits per heavy atom. The monoisotopic (exact) mass is 403 g/mol. The molecule has 0 aliphatic rings.